The van der Waals surface area contributed by atoms with E-state index in [9.17, 15) is 0 Å². The minimum Gasteiger partial charge on any atom is -0.494 e. The second-order valence-electron chi connectivity index (χ2n) is 5.72. The second kappa shape index (κ2) is 8.96. The van der Waals surface area contributed by atoms with Crippen molar-refractivity contribution in [3.8, 4) is 17.2 Å². The van der Waals surface area contributed by atoms with E-state index >= 15 is 0 Å². The number of nitrogens with one attached hydrogen (secondary N) is 2. The van der Waals surface area contributed by atoms with Gasteiger partial charge in [0.25, 0.3) is 0 Å². The van der Waals surface area contributed by atoms with Gasteiger partial charge in [0, 0.05) is 18.7 Å². The lowest BCUT2D eigenvalue weighted by atomic mass is 10.2. The van der Waals surface area contributed by atoms with Gasteiger partial charge in [-0.2, -0.15) is 0 Å². The first-order valence-corrected chi connectivity index (χ1v) is 9.30. The van der Waals surface area contributed by atoms with Gasteiger partial charge < -0.3 is 24.8 Å². The minimum atomic E-state index is 0.525. The third-order valence-corrected chi connectivity index (χ3v) is 4.27. The second-order valence-corrected chi connectivity index (χ2v) is 6.54. The van der Waals surface area contributed by atoms with Gasteiger partial charge >= 0.3 is 0 Å². The molecule has 0 amide bonds. The molecule has 0 bridgehead atoms. The monoisotopic (exact) mass is 392 g/mol. The predicted molar refractivity (Wildman–Crippen MR) is 108 cm³/mol. The number of thiocarbonyl (C=S) groups is 1. The van der Waals surface area contributed by atoms with Gasteiger partial charge in [-0.3, -0.25) is 0 Å². The molecule has 0 saturated heterocycles. The topological polar surface area (TPSA) is 51.8 Å². The molecule has 2 aromatic rings. The molecule has 0 saturated carbocycles. The van der Waals surface area contributed by atoms with E-state index in [1.54, 1.807) is 0 Å². The molecule has 0 atom stereocenters. The number of benzene rings is 2. The van der Waals surface area contributed by atoms with Crippen LogP contribution in [0.5, 0.6) is 17.2 Å². The molecule has 5 nitrogen and oxygen atoms in total. The Morgan fingerprint density at radius 2 is 1.96 bits per heavy atom. The molecule has 1 aliphatic rings. The summed E-state index contributed by atoms with van der Waals surface area (Å²) in [5, 5.41) is 7.39. The fourth-order valence-corrected chi connectivity index (χ4v) is 3.02. The van der Waals surface area contributed by atoms with Crippen LogP contribution in [0.25, 0.3) is 0 Å². The van der Waals surface area contributed by atoms with Crippen LogP contribution in [0.15, 0.2) is 36.4 Å². The molecule has 1 aliphatic heterocycles. The Balaban J connectivity index is 1.57. The van der Waals surface area contributed by atoms with Gasteiger partial charge in [-0.05, 0) is 61.1 Å². The summed E-state index contributed by atoms with van der Waals surface area (Å²) >= 11 is 11.7. The zero-order chi connectivity index (χ0) is 18.4. The number of halogens is 1. The Bertz CT molecular complexity index is 768. The molecule has 0 unspecified atom stereocenters. The summed E-state index contributed by atoms with van der Waals surface area (Å²) in [5.41, 5.74) is 1.86. The van der Waals surface area contributed by atoms with Gasteiger partial charge in [0.15, 0.2) is 16.6 Å². The lowest BCUT2D eigenvalue weighted by Crippen LogP contribution is -2.27. The Hall–Kier alpha value is -2.18. The molecule has 0 spiro atoms. The summed E-state index contributed by atoms with van der Waals surface area (Å²) in [6.45, 7) is 4.36. The predicted octanol–water partition coefficient (Wildman–Crippen LogP) is 4.39. The van der Waals surface area contributed by atoms with E-state index in [4.69, 9.17) is 38.0 Å². The summed E-state index contributed by atoms with van der Waals surface area (Å²) in [6, 6.07) is 11.4. The average Bonchev–Trinajstić information content (AvgIpc) is 2.88. The van der Waals surface area contributed by atoms with Crippen molar-refractivity contribution in [3.63, 3.8) is 0 Å². The van der Waals surface area contributed by atoms with Crippen molar-refractivity contribution in [3.05, 3.63) is 47.0 Å². The van der Waals surface area contributed by atoms with Crippen molar-refractivity contribution >= 4 is 34.6 Å². The van der Waals surface area contributed by atoms with Gasteiger partial charge in [0.1, 0.15) is 5.75 Å². The number of fused-ring (bicyclic) bond motifs is 1. The van der Waals surface area contributed by atoms with Crippen LogP contribution in [0, 0.1) is 0 Å². The largest absolute Gasteiger partial charge is 0.494 e. The molecule has 0 aliphatic carbocycles. The van der Waals surface area contributed by atoms with Gasteiger partial charge in [-0.15, -0.1) is 0 Å². The van der Waals surface area contributed by atoms with Gasteiger partial charge in [0.05, 0.1) is 24.8 Å². The number of anilines is 1. The molecule has 0 aromatic heterocycles. The van der Waals surface area contributed by atoms with E-state index in [-0.39, 0.29) is 0 Å². The zero-order valence-corrected chi connectivity index (χ0v) is 16.1. The molecule has 1 heterocycles. The van der Waals surface area contributed by atoms with Crippen LogP contribution in [-0.2, 0) is 6.54 Å². The first-order chi connectivity index (χ1) is 12.7. The van der Waals surface area contributed by atoms with Crippen LogP contribution in [0.1, 0.15) is 18.9 Å². The Morgan fingerprint density at radius 3 is 2.73 bits per heavy atom. The quantitative estimate of drug-likeness (QED) is 0.736. The van der Waals surface area contributed by atoms with Crippen molar-refractivity contribution in [2.24, 2.45) is 0 Å². The molecule has 2 aromatic carbocycles. The normalized spacial score (nSPS) is 12.8. The van der Waals surface area contributed by atoms with Crippen molar-refractivity contribution in [2.75, 3.05) is 25.1 Å². The van der Waals surface area contributed by atoms with Gasteiger partial charge in [-0.1, -0.05) is 11.6 Å². The molecular formula is C19H21ClN2O3S. The first kappa shape index (κ1) is 18.6. The third-order valence-electron chi connectivity index (χ3n) is 3.74. The summed E-state index contributed by atoms with van der Waals surface area (Å²) in [5.74, 6) is 2.12. The molecule has 0 fully saturated rings. The SMILES string of the molecule is CCOc1ccc(NC(=S)NCc2cc(Cl)c3c(c2)OCCCO3)cc1. The lowest BCUT2D eigenvalue weighted by Gasteiger charge is -2.14. The highest BCUT2D eigenvalue weighted by atomic mass is 35.5. The summed E-state index contributed by atoms with van der Waals surface area (Å²) in [7, 11) is 0. The Morgan fingerprint density at radius 1 is 1.19 bits per heavy atom. The maximum absolute atomic E-state index is 6.31. The standard InChI is InChI=1S/C19H21ClN2O3S/c1-2-23-15-6-4-14(5-7-15)22-19(26)21-12-13-10-16(20)18-17(11-13)24-8-3-9-25-18/h4-7,10-11H,2-3,8-9,12H2,1H3,(H2,21,22,26). The highest BCUT2D eigenvalue weighted by Crippen LogP contribution is 2.37. The van der Waals surface area contributed by atoms with Crippen molar-refractivity contribution < 1.29 is 14.2 Å². The highest BCUT2D eigenvalue weighted by Gasteiger charge is 2.15. The molecule has 2 N–H and O–H groups in total. The zero-order valence-electron chi connectivity index (χ0n) is 14.5. The van der Waals surface area contributed by atoms with Crippen LogP contribution >= 0.6 is 23.8 Å². The number of hydrogen-bond donors (Lipinski definition) is 2. The van der Waals surface area contributed by atoms with E-state index in [1.807, 2.05) is 43.3 Å². The van der Waals surface area contributed by atoms with E-state index in [1.165, 1.54) is 0 Å². The summed E-state index contributed by atoms with van der Waals surface area (Å²) < 4.78 is 16.8. The van der Waals surface area contributed by atoms with E-state index in [0.29, 0.717) is 48.0 Å². The number of hydrogen-bond acceptors (Lipinski definition) is 4. The fraction of sp³-hybridized carbons (Fsp3) is 0.316. The summed E-state index contributed by atoms with van der Waals surface area (Å²) in [6.07, 6.45) is 0.842. The average molecular weight is 393 g/mol. The lowest BCUT2D eigenvalue weighted by molar-refractivity contribution is 0.297. The number of ether oxygens (including phenoxy) is 3. The fourth-order valence-electron chi connectivity index (χ4n) is 2.55. The van der Waals surface area contributed by atoms with Crippen LogP contribution < -0.4 is 24.8 Å². The van der Waals surface area contributed by atoms with Crippen LogP contribution in [0.2, 0.25) is 5.02 Å². The van der Waals surface area contributed by atoms with Crippen molar-refractivity contribution in [1.29, 1.82) is 0 Å². The molecular weight excluding hydrogens is 372 g/mol. The summed E-state index contributed by atoms with van der Waals surface area (Å²) in [4.78, 5) is 0. The van der Waals surface area contributed by atoms with E-state index in [0.717, 1.165) is 23.4 Å². The highest BCUT2D eigenvalue weighted by molar-refractivity contribution is 7.80. The first-order valence-electron chi connectivity index (χ1n) is 8.51. The molecule has 0 radical (unpaired) electrons. The maximum Gasteiger partial charge on any atom is 0.179 e. The van der Waals surface area contributed by atoms with Crippen molar-refractivity contribution in [1.82, 2.24) is 5.32 Å². The van der Waals surface area contributed by atoms with Crippen molar-refractivity contribution in [2.45, 2.75) is 19.9 Å². The van der Waals surface area contributed by atoms with Crippen LogP contribution in [0.3, 0.4) is 0 Å². The van der Waals surface area contributed by atoms with E-state index in [2.05, 4.69) is 10.6 Å². The van der Waals surface area contributed by atoms with E-state index < -0.39 is 0 Å². The van der Waals surface area contributed by atoms with Gasteiger partial charge in [-0.25, -0.2) is 0 Å². The van der Waals surface area contributed by atoms with Crippen LogP contribution in [0.4, 0.5) is 5.69 Å². The van der Waals surface area contributed by atoms with Gasteiger partial charge in [0.2, 0.25) is 0 Å². The molecule has 7 heteroatoms. The Kier molecular flexibility index (Phi) is 6.41. The van der Waals surface area contributed by atoms with Crippen LogP contribution in [-0.4, -0.2) is 24.9 Å². The molecule has 3 rings (SSSR count). The smallest absolute Gasteiger partial charge is 0.179 e. The third kappa shape index (κ3) is 4.93. The Labute approximate surface area is 163 Å². The number of rotatable bonds is 5. The molecule has 26 heavy (non-hydrogen) atoms. The minimum absolute atomic E-state index is 0.525. The maximum atomic E-state index is 6.31. The molecule has 138 valence electrons.